The average molecular weight is 179 g/mol. The van der Waals surface area contributed by atoms with Crippen LogP contribution in [-0.2, 0) is 0 Å². The minimum Gasteiger partial charge on any atom is -0.347 e. The van der Waals surface area contributed by atoms with Crippen LogP contribution in [0.1, 0.15) is 32.1 Å². The molecule has 72 valence electrons. The highest BCUT2D eigenvalue weighted by molar-refractivity contribution is 4.95. The van der Waals surface area contributed by atoms with Gasteiger partial charge in [-0.25, -0.2) is 4.98 Å². The Labute approximate surface area is 79.2 Å². The van der Waals surface area contributed by atoms with Crippen molar-refractivity contribution in [2.24, 2.45) is 5.92 Å². The van der Waals surface area contributed by atoms with Crippen LogP contribution < -0.4 is 0 Å². The summed E-state index contributed by atoms with van der Waals surface area (Å²) in [5.41, 5.74) is 0. The highest BCUT2D eigenvalue weighted by Gasteiger charge is 2.24. The number of rotatable bonds is 2. The first kappa shape index (κ1) is 8.75. The maximum Gasteiger partial charge on any atom is 0.123 e. The van der Waals surface area contributed by atoms with Gasteiger partial charge in [-0.3, -0.25) is 4.90 Å². The lowest BCUT2D eigenvalue weighted by Crippen LogP contribution is -2.24. The summed E-state index contributed by atoms with van der Waals surface area (Å²) in [5, 5.41) is 0. The third kappa shape index (κ3) is 1.75. The van der Waals surface area contributed by atoms with Gasteiger partial charge < -0.3 is 4.98 Å². The summed E-state index contributed by atoms with van der Waals surface area (Å²) in [6.07, 6.45) is 5.04. The lowest BCUT2D eigenvalue weighted by Gasteiger charge is -2.21. The predicted octanol–water partition coefficient (Wildman–Crippen LogP) is 1.81. The molecule has 1 aromatic rings. The number of imidazole rings is 1. The van der Waals surface area contributed by atoms with Crippen LogP contribution in [0, 0.1) is 5.92 Å². The van der Waals surface area contributed by atoms with E-state index in [0.29, 0.717) is 6.04 Å². The molecule has 0 amide bonds. The third-order valence-corrected chi connectivity index (χ3v) is 2.92. The lowest BCUT2D eigenvalue weighted by molar-refractivity contribution is 0.247. The van der Waals surface area contributed by atoms with Gasteiger partial charge in [0.25, 0.3) is 0 Å². The summed E-state index contributed by atoms with van der Waals surface area (Å²) < 4.78 is 0. The first-order valence-corrected chi connectivity index (χ1v) is 5.00. The van der Waals surface area contributed by atoms with Gasteiger partial charge in [0.15, 0.2) is 0 Å². The Kier molecular flexibility index (Phi) is 2.36. The van der Waals surface area contributed by atoms with Crippen molar-refractivity contribution < 1.29 is 0 Å². The Bertz CT molecular complexity index is 255. The summed E-state index contributed by atoms with van der Waals surface area (Å²) in [6.45, 7) is 6.95. The fraction of sp³-hybridized carbons (Fsp3) is 0.700. The first-order valence-electron chi connectivity index (χ1n) is 5.00. The molecule has 2 heterocycles. The van der Waals surface area contributed by atoms with Crippen molar-refractivity contribution in [3.8, 4) is 0 Å². The Morgan fingerprint density at radius 2 is 2.54 bits per heavy atom. The molecule has 1 aliphatic heterocycles. The van der Waals surface area contributed by atoms with E-state index in [2.05, 4.69) is 28.7 Å². The molecule has 1 saturated heterocycles. The Hall–Kier alpha value is -0.830. The van der Waals surface area contributed by atoms with Gasteiger partial charge in [0.1, 0.15) is 5.82 Å². The largest absolute Gasteiger partial charge is 0.347 e. The van der Waals surface area contributed by atoms with Crippen molar-refractivity contribution >= 4 is 0 Å². The molecular formula is C10H17N3. The van der Waals surface area contributed by atoms with E-state index in [4.69, 9.17) is 0 Å². The number of nitrogens with one attached hydrogen (secondary N) is 1. The van der Waals surface area contributed by atoms with Gasteiger partial charge >= 0.3 is 0 Å². The second-order valence-electron chi connectivity index (χ2n) is 4.04. The van der Waals surface area contributed by atoms with E-state index in [0.717, 1.165) is 11.7 Å². The molecule has 3 heteroatoms. The topological polar surface area (TPSA) is 31.9 Å². The molecule has 0 radical (unpaired) electrons. The van der Waals surface area contributed by atoms with Gasteiger partial charge in [0, 0.05) is 18.9 Å². The van der Waals surface area contributed by atoms with Crippen LogP contribution in [-0.4, -0.2) is 28.0 Å². The zero-order chi connectivity index (χ0) is 9.26. The smallest absolute Gasteiger partial charge is 0.123 e. The quantitative estimate of drug-likeness (QED) is 0.751. The van der Waals surface area contributed by atoms with E-state index in [1.807, 2.05) is 12.4 Å². The van der Waals surface area contributed by atoms with E-state index < -0.39 is 0 Å². The molecule has 3 nitrogen and oxygen atoms in total. The number of hydrogen-bond acceptors (Lipinski definition) is 2. The highest BCUT2D eigenvalue weighted by atomic mass is 15.2. The van der Waals surface area contributed by atoms with Gasteiger partial charge in [0.2, 0.25) is 0 Å². The zero-order valence-corrected chi connectivity index (χ0v) is 8.33. The average Bonchev–Trinajstić information content (AvgIpc) is 2.72. The van der Waals surface area contributed by atoms with Gasteiger partial charge in [-0.1, -0.05) is 6.92 Å². The zero-order valence-electron chi connectivity index (χ0n) is 8.33. The molecule has 0 saturated carbocycles. The van der Waals surface area contributed by atoms with Gasteiger partial charge in [0.05, 0.1) is 6.04 Å². The molecule has 1 fully saturated rings. The molecule has 0 aromatic carbocycles. The van der Waals surface area contributed by atoms with Crippen LogP contribution in [0.2, 0.25) is 0 Å². The van der Waals surface area contributed by atoms with Gasteiger partial charge in [-0.2, -0.15) is 0 Å². The van der Waals surface area contributed by atoms with Crippen molar-refractivity contribution in [2.45, 2.75) is 26.3 Å². The third-order valence-electron chi connectivity index (χ3n) is 2.92. The van der Waals surface area contributed by atoms with Crippen molar-refractivity contribution in [1.29, 1.82) is 0 Å². The van der Waals surface area contributed by atoms with E-state index in [1.54, 1.807) is 0 Å². The Morgan fingerprint density at radius 3 is 3.08 bits per heavy atom. The molecule has 1 aliphatic rings. The van der Waals surface area contributed by atoms with Crippen molar-refractivity contribution in [2.75, 3.05) is 13.1 Å². The molecule has 2 rings (SSSR count). The maximum absolute atomic E-state index is 4.29. The van der Waals surface area contributed by atoms with Crippen LogP contribution in [0.15, 0.2) is 12.4 Å². The molecule has 0 spiro atoms. The SMILES string of the molecule is CC1CCN(C(C)c2ncc[nH]2)C1. The summed E-state index contributed by atoms with van der Waals surface area (Å²) >= 11 is 0. The Balaban J connectivity index is 2.02. The fourth-order valence-electron chi connectivity index (χ4n) is 2.00. The summed E-state index contributed by atoms with van der Waals surface area (Å²) in [4.78, 5) is 9.95. The summed E-state index contributed by atoms with van der Waals surface area (Å²) in [6, 6.07) is 0.444. The minimum absolute atomic E-state index is 0.444. The molecule has 1 N–H and O–H groups in total. The maximum atomic E-state index is 4.29. The summed E-state index contributed by atoms with van der Waals surface area (Å²) in [7, 11) is 0. The molecule has 2 atom stereocenters. The highest BCUT2D eigenvalue weighted by Crippen LogP contribution is 2.24. The number of nitrogens with zero attached hydrogens (tertiary/aromatic N) is 2. The second kappa shape index (κ2) is 3.50. The molecule has 1 aromatic heterocycles. The van der Waals surface area contributed by atoms with Crippen molar-refractivity contribution in [3.63, 3.8) is 0 Å². The number of hydrogen-bond donors (Lipinski definition) is 1. The van der Waals surface area contributed by atoms with Gasteiger partial charge in [-0.05, 0) is 25.8 Å². The van der Waals surface area contributed by atoms with Gasteiger partial charge in [-0.15, -0.1) is 0 Å². The second-order valence-corrected chi connectivity index (χ2v) is 4.04. The summed E-state index contributed by atoms with van der Waals surface area (Å²) in [5.74, 6) is 1.94. The standard InChI is InChI=1S/C10H17N3/c1-8-3-6-13(7-8)9(2)10-11-4-5-12-10/h4-5,8-9H,3,6-7H2,1-2H3,(H,11,12). The number of aromatic nitrogens is 2. The van der Waals surface area contributed by atoms with E-state index in [9.17, 15) is 0 Å². The van der Waals surface area contributed by atoms with Crippen LogP contribution in [0.25, 0.3) is 0 Å². The Morgan fingerprint density at radius 1 is 1.69 bits per heavy atom. The lowest BCUT2D eigenvalue weighted by atomic mass is 10.2. The molecule has 2 unspecified atom stereocenters. The van der Waals surface area contributed by atoms with Crippen molar-refractivity contribution in [3.05, 3.63) is 18.2 Å². The van der Waals surface area contributed by atoms with Crippen LogP contribution >= 0.6 is 0 Å². The predicted molar refractivity (Wildman–Crippen MR) is 52.4 cm³/mol. The molecule has 0 bridgehead atoms. The van der Waals surface area contributed by atoms with Crippen LogP contribution in [0.3, 0.4) is 0 Å². The van der Waals surface area contributed by atoms with Crippen LogP contribution in [0.4, 0.5) is 0 Å². The minimum atomic E-state index is 0.444. The number of aromatic amines is 1. The number of likely N-dealkylation sites (tertiary alicyclic amines) is 1. The number of H-pyrrole nitrogens is 1. The van der Waals surface area contributed by atoms with E-state index >= 15 is 0 Å². The van der Waals surface area contributed by atoms with E-state index in [1.165, 1.54) is 19.5 Å². The van der Waals surface area contributed by atoms with E-state index in [-0.39, 0.29) is 0 Å². The first-order chi connectivity index (χ1) is 6.27. The fourth-order valence-corrected chi connectivity index (χ4v) is 2.00. The van der Waals surface area contributed by atoms with Crippen molar-refractivity contribution in [1.82, 2.24) is 14.9 Å². The molecule has 0 aliphatic carbocycles. The van der Waals surface area contributed by atoms with Crippen LogP contribution in [0.5, 0.6) is 0 Å². The molecular weight excluding hydrogens is 162 g/mol. The normalized spacial score (nSPS) is 26.5. The molecule has 13 heavy (non-hydrogen) atoms. The monoisotopic (exact) mass is 179 g/mol.